The Morgan fingerprint density at radius 2 is 1.64 bits per heavy atom. The zero-order valence-corrected chi connectivity index (χ0v) is 15.9. The lowest BCUT2D eigenvalue weighted by atomic mass is 10.1. The monoisotopic (exact) mass is 407 g/mol. The lowest BCUT2D eigenvalue weighted by molar-refractivity contribution is 0.629. The first kappa shape index (κ1) is 17.2. The van der Waals surface area contributed by atoms with Gasteiger partial charge in [-0.3, -0.25) is 4.98 Å². The molecular formula is C22H12Cl2FN3. The average molecular weight is 408 g/mol. The molecule has 136 valence electrons. The van der Waals surface area contributed by atoms with Crippen LogP contribution in [0.15, 0.2) is 72.9 Å². The summed E-state index contributed by atoms with van der Waals surface area (Å²) in [5.74, 6) is -0.332. The number of hydrogen-bond acceptors (Lipinski definition) is 2. The first-order valence-electron chi connectivity index (χ1n) is 8.59. The Bertz CT molecular complexity index is 1340. The normalized spacial score (nSPS) is 11.4. The maximum absolute atomic E-state index is 14.1. The second-order valence-electron chi connectivity index (χ2n) is 6.40. The van der Waals surface area contributed by atoms with E-state index in [2.05, 4.69) is 4.98 Å². The molecule has 0 unspecified atom stereocenters. The molecule has 0 fully saturated rings. The van der Waals surface area contributed by atoms with Gasteiger partial charge in [0.1, 0.15) is 11.5 Å². The summed E-state index contributed by atoms with van der Waals surface area (Å²) in [5, 5.41) is 7.50. The minimum Gasteiger partial charge on any atom is -0.255 e. The van der Waals surface area contributed by atoms with E-state index in [9.17, 15) is 4.39 Å². The molecule has 0 aliphatic carbocycles. The molecule has 28 heavy (non-hydrogen) atoms. The fourth-order valence-electron chi connectivity index (χ4n) is 3.37. The van der Waals surface area contributed by atoms with Gasteiger partial charge in [-0.1, -0.05) is 47.5 Å². The van der Waals surface area contributed by atoms with Gasteiger partial charge in [0.25, 0.3) is 0 Å². The molecule has 0 radical (unpaired) electrons. The lowest BCUT2D eigenvalue weighted by Gasteiger charge is -2.07. The maximum Gasteiger partial charge on any atom is 0.124 e. The summed E-state index contributed by atoms with van der Waals surface area (Å²) in [6, 6.07) is 19.4. The third-order valence-corrected chi connectivity index (χ3v) is 5.24. The van der Waals surface area contributed by atoms with Gasteiger partial charge >= 0.3 is 0 Å². The fourth-order valence-corrected chi connectivity index (χ4v) is 3.72. The highest BCUT2D eigenvalue weighted by molar-refractivity contribution is 6.32. The van der Waals surface area contributed by atoms with Crippen LogP contribution < -0.4 is 0 Å². The zero-order chi connectivity index (χ0) is 19.3. The Morgan fingerprint density at radius 3 is 2.43 bits per heavy atom. The summed E-state index contributed by atoms with van der Waals surface area (Å²) >= 11 is 12.5. The number of pyridine rings is 1. The van der Waals surface area contributed by atoms with Crippen molar-refractivity contribution in [1.82, 2.24) is 14.8 Å². The summed E-state index contributed by atoms with van der Waals surface area (Å²) in [5.41, 5.74) is 3.77. The molecule has 0 N–H and O–H groups in total. The van der Waals surface area contributed by atoms with E-state index in [0.29, 0.717) is 26.6 Å². The first-order valence-corrected chi connectivity index (χ1v) is 9.35. The van der Waals surface area contributed by atoms with Gasteiger partial charge in [0.15, 0.2) is 0 Å². The van der Waals surface area contributed by atoms with Crippen molar-refractivity contribution in [1.29, 1.82) is 0 Å². The van der Waals surface area contributed by atoms with Gasteiger partial charge in [0.05, 0.1) is 21.7 Å². The molecule has 6 heteroatoms. The number of halogens is 3. The third-order valence-electron chi connectivity index (χ3n) is 4.67. The van der Waals surface area contributed by atoms with E-state index in [-0.39, 0.29) is 5.82 Å². The fraction of sp³-hybridized carbons (Fsp3) is 0. The van der Waals surface area contributed by atoms with Crippen molar-refractivity contribution < 1.29 is 4.39 Å². The van der Waals surface area contributed by atoms with Gasteiger partial charge in [0, 0.05) is 27.6 Å². The highest BCUT2D eigenvalue weighted by Crippen LogP contribution is 2.35. The minimum atomic E-state index is -0.332. The van der Waals surface area contributed by atoms with Crippen LogP contribution in [0.2, 0.25) is 10.0 Å². The van der Waals surface area contributed by atoms with E-state index >= 15 is 0 Å². The first-order chi connectivity index (χ1) is 13.6. The summed E-state index contributed by atoms with van der Waals surface area (Å²) in [6.45, 7) is 0. The molecule has 5 rings (SSSR count). The Kier molecular flexibility index (Phi) is 4.04. The molecule has 2 aromatic heterocycles. The van der Waals surface area contributed by atoms with Gasteiger partial charge in [-0.2, -0.15) is 5.10 Å². The van der Waals surface area contributed by atoms with Gasteiger partial charge in [-0.25, -0.2) is 9.07 Å². The molecule has 0 bridgehead atoms. The highest BCUT2D eigenvalue weighted by atomic mass is 35.5. The summed E-state index contributed by atoms with van der Waals surface area (Å²) < 4.78 is 15.8. The third kappa shape index (κ3) is 2.73. The molecule has 0 atom stereocenters. The molecule has 3 aromatic carbocycles. The quantitative estimate of drug-likeness (QED) is 0.326. The number of fused-ring (bicyclic) bond motifs is 3. The summed E-state index contributed by atoms with van der Waals surface area (Å²) in [7, 11) is 0. The molecular weight excluding hydrogens is 396 g/mol. The molecule has 0 aliphatic heterocycles. The van der Waals surface area contributed by atoms with Crippen LogP contribution in [0.3, 0.4) is 0 Å². The van der Waals surface area contributed by atoms with Crippen LogP contribution in [-0.4, -0.2) is 14.8 Å². The Labute approximate surface area is 170 Å². The van der Waals surface area contributed by atoms with Crippen LogP contribution in [0, 0.1) is 5.82 Å². The van der Waals surface area contributed by atoms with Crippen molar-refractivity contribution in [2.45, 2.75) is 0 Å². The van der Waals surface area contributed by atoms with E-state index in [1.54, 1.807) is 23.0 Å². The molecule has 0 aliphatic rings. The predicted octanol–water partition coefficient (Wildman–Crippen LogP) is 6.69. The number of hydrogen-bond donors (Lipinski definition) is 0. The molecule has 0 amide bonds. The number of rotatable bonds is 2. The van der Waals surface area contributed by atoms with Crippen molar-refractivity contribution in [2.75, 3.05) is 0 Å². The maximum atomic E-state index is 14.1. The molecule has 0 spiro atoms. The second kappa shape index (κ2) is 6.59. The Balaban J connectivity index is 1.93. The summed E-state index contributed by atoms with van der Waals surface area (Å²) in [6.07, 6.45) is 1.76. The molecule has 3 nitrogen and oxygen atoms in total. The SMILES string of the molecule is Fc1ccc2ncc3c(-c4ccc(Cl)cc4)nn(-c4ccccc4Cl)c3c2c1. The molecule has 0 saturated carbocycles. The number of aromatic nitrogens is 3. The van der Waals surface area contributed by atoms with E-state index in [1.807, 2.05) is 42.5 Å². The van der Waals surface area contributed by atoms with E-state index in [0.717, 1.165) is 22.2 Å². The van der Waals surface area contributed by atoms with Crippen LogP contribution in [0.25, 0.3) is 38.8 Å². The predicted molar refractivity (Wildman–Crippen MR) is 112 cm³/mol. The highest BCUT2D eigenvalue weighted by Gasteiger charge is 2.18. The number of benzene rings is 3. The minimum absolute atomic E-state index is 0.332. The smallest absolute Gasteiger partial charge is 0.124 e. The van der Waals surface area contributed by atoms with Crippen molar-refractivity contribution in [2.24, 2.45) is 0 Å². The van der Waals surface area contributed by atoms with Crippen LogP contribution in [-0.2, 0) is 0 Å². The second-order valence-corrected chi connectivity index (χ2v) is 7.24. The standard InChI is InChI=1S/C22H12Cl2FN3/c23-14-7-5-13(6-8-14)21-17-12-26-19-10-9-15(25)11-16(19)22(17)28(27-21)20-4-2-1-3-18(20)24/h1-12H. The van der Waals surface area contributed by atoms with Gasteiger partial charge in [0.2, 0.25) is 0 Å². The topological polar surface area (TPSA) is 30.7 Å². The molecule has 0 saturated heterocycles. The van der Waals surface area contributed by atoms with Crippen molar-refractivity contribution in [3.05, 3.63) is 88.8 Å². The van der Waals surface area contributed by atoms with E-state index in [1.165, 1.54) is 12.1 Å². The average Bonchev–Trinajstić information content (AvgIpc) is 3.09. The van der Waals surface area contributed by atoms with Crippen LogP contribution >= 0.6 is 23.2 Å². The van der Waals surface area contributed by atoms with Crippen LogP contribution in [0.5, 0.6) is 0 Å². The van der Waals surface area contributed by atoms with Gasteiger partial charge < -0.3 is 0 Å². The number of nitrogens with zero attached hydrogens (tertiary/aromatic N) is 3. The van der Waals surface area contributed by atoms with Gasteiger partial charge in [-0.05, 0) is 42.5 Å². The van der Waals surface area contributed by atoms with Crippen molar-refractivity contribution in [3.63, 3.8) is 0 Å². The largest absolute Gasteiger partial charge is 0.255 e. The molecule has 5 aromatic rings. The van der Waals surface area contributed by atoms with Crippen molar-refractivity contribution >= 4 is 45.0 Å². The summed E-state index contributed by atoms with van der Waals surface area (Å²) in [4.78, 5) is 4.50. The molecule has 2 heterocycles. The van der Waals surface area contributed by atoms with Crippen LogP contribution in [0.1, 0.15) is 0 Å². The lowest BCUT2D eigenvalue weighted by Crippen LogP contribution is -1.98. The Morgan fingerprint density at radius 1 is 0.857 bits per heavy atom. The Hall–Kier alpha value is -2.95. The van der Waals surface area contributed by atoms with Crippen LogP contribution in [0.4, 0.5) is 4.39 Å². The van der Waals surface area contributed by atoms with Crippen molar-refractivity contribution in [3.8, 4) is 16.9 Å². The number of para-hydroxylation sites is 1. The van der Waals surface area contributed by atoms with E-state index < -0.39 is 0 Å². The zero-order valence-electron chi connectivity index (χ0n) is 14.4. The van der Waals surface area contributed by atoms with E-state index in [4.69, 9.17) is 28.3 Å². The van der Waals surface area contributed by atoms with Gasteiger partial charge in [-0.15, -0.1) is 0 Å².